The van der Waals surface area contributed by atoms with Crippen LogP contribution in [-0.2, 0) is 4.79 Å². The van der Waals surface area contributed by atoms with Crippen molar-refractivity contribution in [2.24, 2.45) is 5.92 Å². The zero-order valence-corrected chi connectivity index (χ0v) is 12.4. The van der Waals surface area contributed by atoms with Crippen LogP contribution in [0.5, 0.6) is 0 Å². The van der Waals surface area contributed by atoms with Gasteiger partial charge in [-0.25, -0.2) is 4.79 Å². The Morgan fingerprint density at radius 2 is 1.81 bits per heavy atom. The summed E-state index contributed by atoms with van der Waals surface area (Å²) < 4.78 is 0. The van der Waals surface area contributed by atoms with Gasteiger partial charge in [0.05, 0.1) is 5.92 Å². The lowest BCUT2D eigenvalue weighted by Crippen LogP contribution is -2.48. The van der Waals surface area contributed by atoms with E-state index in [0.717, 1.165) is 45.6 Å². The number of carboxylic acids is 1. The van der Waals surface area contributed by atoms with Crippen molar-refractivity contribution < 1.29 is 14.7 Å². The summed E-state index contributed by atoms with van der Waals surface area (Å²) in [4.78, 5) is 25.0. The Balaban J connectivity index is 1.56. The lowest BCUT2D eigenvalue weighted by Gasteiger charge is -2.28. The molecule has 21 heavy (non-hydrogen) atoms. The predicted molar refractivity (Wildman–Crippen MR) is 79.2 cm³/mol. The number of aliphatic carboxylic acids is 1. The Kier molecular flexibility index (Phi) is 6.25. The number of nitrogens with zero attached hydrogens (tertiary/aromatic N) is 1. The largest absolute Gasteiger partial charge is 0.481 e. The van der Waals surface area contributed by atoms with Crippen LogP contribution in [0.25, 0.3) is 0 Å². The van der Waals surface area contributed by atoms with E-state index in [2.05, 4.69) is 20.9 Å². The predicted octanol–water partition coefficient (Wildman–Crippen LogP) is -0.166. The van der Waals surface area contributed by atoms with Crippen LogP contribution in [0.15, 0.2) is 0 Å². The molecule has 0 atom stereocenters. The summed E-state index contributed by atoms with van der Waals surface area (Å²) in [5.41, 5.74) is 0. The smallest absolute Gasteiger partial charge is 0.315 e. The van der Waals surface area contributed by atoms with Crippen molar-refractivity contribution in [3.63, 3.8) is 0 Å². The van der Waals surface area contributed by atoms with E-state index in [0.29, 0.717) is 19.4 Å². The molecule has 120 valence electrons. The van der Waals surface area contributed by atoms with E-state index < -0.39 is 5.97 Å². The fraction of sp³-hybridized carbons (Fsp3) is 0.857. The lowest BCUT2D eigenvalue weighted by molar-refractivity contribution is -0.142. The number of carboxylic acid groups (broad SMARTS) is 1. The number of carbonyl (C=O) groups excluding carboxylic acids is 1. The quantitative estimate of drug-likeness (QED) is 0.566. The van der Waals surface area contributed by atoms with Gasteiger partial charge in [0.25, 0.3) is 0 Å². The van der Waals surface area contributed by atoms with Gasteiger partial charge in [0.2, 0.25) is 0 Å². The van der Waals surface area contributed by atoms with Gasteiger partial charge in [0.1, 0.15) is 0 Å². The average molecular weight is 298 g/mol. The summed E-state index contributed by atoms with van der Waals surface area (Å²) in [6.07, 6.45) is 2.81. The highest BCUT2D eigenvalue weighted by atomic mass is 16.4. The Morgan fingerprint density at radius 3 is 2.43 bits per heavy atom. The monoisotopic (exact) mass is 298 g/mol. The first-order valence-electron chi connectivity index (χ1n) is 7.85. The summed E-state index contributed by atoms with van der Waals surface area (Å²) in [6, 6.07) is -0.0244. The highest BCUT2D eigenvalue weighted by Crippen LogP contribution is 2.24. The molecule has 1 saturated heterocycles. The Labute approximate surface area is 125 Å². The molecule has 1 aliphatic carbocycles. The number of hydrogen-bond donors (Lipinski definition) is 4. The molecule has 2 fully saturated rings. The van der Waals surface area contributed by atoms with Gasteiger partial charge in [-0.2, -0.15) is 0 Å². The first kappa shape index (κ1) is 16.0. The third-order valence-electron chi connectivity index (χ3n) is 4.33. The number of amides is 2. The summed E-state index contributed by atoms with van der Waals surface area (Å²) >= 11 is 0. The average Bonchev–Trinajstić information content (AvgIpc) is 2.49. The maximum Gasteiger partial charge on any atom is 0.315 e. The summed E-state index contributed by atoms with van der Waals surface area (Å²) in [6.45, 7) is 5.61. The van der Waals surface area contributed by atoms with E-state index in [1.807, 2.05) is 0 Å². The van der Waals surface area contributed by atoms with E-state index >= 15 is 0 Å². The summed E-state index contributed by atoms with van der Waals surface area (Å²) in [5, 5.41) is 18.1. The van der Waals surface area contributed by atoms with Crippen molar-refractivity contribution in [3.05, 3.63) is 0 Å². The van der Waals surface area contributed by atoms with E-state index in [1.165, 1.54) is 0 Å². The number of hydrogen-bond acceptors (Lipinski definition) is 4. The maximum absolute atomic E-state index is 11.8. The third-order valence-corrected chi connectivity index (χ3v) is 4.33. The lowest BCUT2D eigenvalue weighted by atomic mass is 9.86. The molecule has 1 saturated carbocycles. The number of carbonyl (C=O) groups is 2. The SMILES string of the molecule is O=C(NCCN1CCNCC1)NC1CCC(C(=O)O)CC1. The van der Waals surface area contributed by atoms with Crippen LogP contribution in [0.3, 0.4) is 0 Å². The highest BCUT2D eigenvalue weighted by Gasteiger charge is 2.26. The van der Waals surface area contributed by atoms with Crippen LogP contribution in [0.2, 0.25) is 0 Å². The van der Waals surface area contributed by atoms with Crippen LogP contribution in [0.4, 0.5) is 4.79 Å². The molecule has 0 aromatic carbocycles. The van der Waals surface area contributed by atoms with Crippen LogP contribution < -0.4 is 16.0 Å². The van der Waals surface area contributed by atoms with Crippen molar-refractivity contribution in [1.29, 1.82) is 0 Å². The van der Waals surface area contributed by atoms with E-state index in [1.54, 1.807) is 0 Å². The van der Waals surface area contributed by atoms with E-state index in [4.69, 9.17) is 5.11 Å². The van der Waals surface area contributed by atoms with Gasteiger partial charge in [-0.15, -0.1) is 0 Å². The van der Waals surface area contributed by atoms with Crippen molar-refractivity contribution in [3.8, 4) is 0 Å². The standard InChI is InChI=1S/C14H26N4O3/c19-13(20)11-1-3-12(4-2-11)17-14(21)16-7-10-18-8-5-15-6-9-18/h11-12,15H,1-10H2,(H,19,20)(H2,16,17,21). The maximum atomic E-state index is 11.8. The topological polar surface area (TPSA) is 93.7 Å². The minimum absolute atomic E-state index is 0.111. The molecular formula is C14H26N4O3. The van der Waals surface area contributed by atoms with E-state index in [-0.39, 0.29) is 18.0 Å². The molecule has 0 unspecified atom stereocenters. The number of rotatable bonds is 5. The highest BCUT2D eigenvalue weighted by molar-refractivity contribution is 5.74. The van der Waals surface area contributed by atoms with Gasteiger partial charge in [-0.1, -0.05) is 0 Å². The molecule has 7 heteroatoms. The van der Waals surface area contributed by atoms with Gasteiger partial charge in [-0.3, -0.25) is 9.69 Å². The first-order chi connectivity index (χ1) is 10.1. The van der Waals surface area contributed by atoms with Gasteiger partial charge in [-0.05, 0) is 25.7 Å². The molecule has 0 bridgehead atoms. The zero-order valence-electron chi connectivity index (χ0n) is 12.4. The van der Waals surface area contributed by atoms with Gasteiger partial charge >= 0.3 is 12.0 Å². The fourth-order valence-corrected chi connectivity index (χ4v) is 2.98. The van der Waals surface area contributed by atoms with Crippen LogP contribution in [-0.4, -0.2) is 67.3 Å². The van der Waals surface area contributed by atoms with E-state index in [9.17, 15) is 9.59 Å². The fourth-order valence-electron chi connectivity index (χ4n) is 2.98. The molecule has 1 heterocycles. The van der Waals surface area contributed by atoms with Gasteiger partial charge in [0.15, 0.2) is 0 Å². The third kappa shape index (κ3) is 5.51. The number of nitrogens with one attached hydrogen (secondary N) is 3. The van der Waals surface area contributed by atoms with Crippen molar-refractivity contribution >= 4 is 12.0 Å². The molecule has 2 aliphatic rings. The minimum atomic E-state index is -0.714. The van der Waals surface area contributed by atoms with Crippen molar-refractivity contribution in [1.82, 2.24) is 20.9 Å². The first-order valence-corrected chi connectivity index (χ1v) is 7.85. The zero-order chi connectivity index (χ0) is 15.1. The number of piperazine rings is 1. The van der Waals surface area contributed by atoms with Crippen molar-refractivity contribution in [2.45, 2.75) is 31.7 Å². The molecule has 2 rings (SSSR count). The normalized spacial score (nSPS) is 27.0. The van der Waals surface area contributed by atoms with Crippen molar-refractivity contribution in [2.75, 3.05) is 39.3 Å². The second-order valence-corrected chi connectivity index (χ2v) is 5.88. The summed E-state index contributed by atoms with van der Waals surface area (Å²) in [5.74, 6) is -0.951. The Bertz CT molecular complexity index is 350. The van der Waals surface area contributed by atoms with Crippen LogP contribution >= 0.6 is 0 Å². The molecule has 0 spiro atoms. The van der Waals surface area contributed by atoms with Gasteiger partial charge in [0, 0.05) is 45.3 Å². The molecule has 4 N–H and O–H groups in total. The second-order valence-electron chi connectivity index (χ2n) is 5.88. The molecule has 1 aliphatic heterocycles. The number of urea groups is 1. The molecule has 0 radical (unpaired) electrons. The summed E-state index contributed by atoms with van der Waals surface area (Å²) in [7, 11) is 0. The Morgan fingerprint density at radius 1 is 1.14 bits per heavy atom. The molecule has 0 aromatic heterocycles. The molecule has 2 amide bonds. The Hall–Kier alpha value is -1.34. The second kappa shape index (κ2) is 8.19. The minimum Gasteiger partial charge on any atom is -0.481 e. The molecule has 7 nitrogen and oxygen atoms in total. The van der Waals surface area contributed by atoms with Crippen LogP contribution in [0.1, 0.15) is 25.7 Å². The molecule has 0 aromatic rings. The van der Waals surface area contributed by atoms with Gasteiger partial charge < -0.3 is 21.1 Å². The van der Waals surface area contributed by atoms with Crippen LogP contribution in [0, 0.1) is 5.92 Å². The molecular weight excluding hydrogens is 272 g/mol.